The van der Waals surface area contributed by atoms with E-state index in [1.54, 1.807) is 24.3 Å². The first-order chi connectivity index (χ1) is 22.4. The molecular weight excluding hydrogens is 659 g/mol. The molecule has 0 unspecified atom stereocenters. The summed E-state index contributed by atoms with van der Waals surface area (Å²) < 4.78 is 65.3. The zero-order valence-corrected chi connectivity index (χ0v) is 28.8. The van der Waals surface area contributed by atoms with Gasteiger partial charge in [-0.3, -0.25) is 13.9 Å². The molecule has 0 saturated carbocycles. The fourth-order valence-electron chi connectivity index (χ4n) is 5.08. The molecule has 0 radical (unpaired) electrons. The summed E-state index contributed by atoms with van der Waals surface area (Å²) in [6, 6.07) is 14.7. The van der Waals surface area contributed by atoms with Crippen molar-refractivity contribution >= 4 is 54.6 Å². The van der Waals surface area contributed by atoms with Gasteiger partial charge in [0.25, 0.3) is 26.1 Å². The van der Waals surface area contributed by atoms with E-state index in [4.69, 9.17) is 15.1 Å². The lowest BCUT2D eigenvalue weighted by atomic mass is 9.87. The zero-order valence-electron chi connectivity index (χ0n) is 27.1. The van der Waals surface area contributed by atoms with Gasteiger partial charge in [-0.25, -0.2) is 9.98 Å². The number of hydrogen-bond acceptors (Lipinski definition) is 10. The largest absolute Gasteiger partial charge is 0.372 e. The molecule has 1 aliphatic heterocycles. The average Bonchev–Trinajstić information content (AvgIpc) is 3.57. The van der Waals surface area contributed by atoms with Gasteiger partial charge >= 0.3 is 0 Å². The Labute approximate surface area is 278 Å². The number of aromatic nitrogens is 3. The van der Waals surface area contributed by atoms with Gasteiger partial charge in [-0.2, -0.15) is 21.9 Å². The maximum atomic E-state index is 12.9. The predicted octanol–water partition coefficient (Wildman–Crippen LogP) is 5.23. The Morgan fingerprint density at radius 1 is 0.917 bits per heavy atom. The number of rotatable bonds is 9. The van der Waals surface area contributed by atoms with Crippen LogP contribution in [0.25, 0.3) is 11.4 Å². The number of amides is 1. The van der Waals surface area contributed by atoms with E-state index < -0.39 is 41.5 Å². The van der Waals surface area contributed by atoms with Crippen molar-refractivity contribution in [2.45, 2.75) is 51.3 Å². The smallest absolute Gasteiger partial charge is 0.294 e. The highest BCUT2D eigenvalue weighted by Gasteiger charge is 2.35. The van der Waals surface area contributed by atoms with Crippen molar-refractivity contribution < 1.29 is 30.7 Å². The van der Waals surface area contributed by atoms with Crippen molar-refractivity contribution in [1.82, 2.24) is 14.9 Å². The van der Waals surface area contributed by atoms with Crippen LogP contribution in [0.2, 0.25) is 0 Å². The fraction of sp³-hybridized carbons (Fsp3) is 0.281. The highest BCUT2D eigenvalue weighted by molar-refractivity contribution is 7.86. The monoisotopic (exact) mass is 693 g/mol. The van der Waals surface area contributed by atoms with Gasteiger partial charge in [-0.1, -0.05) is 20.8 Å². The summed E-state index contributed by atoms with van der Waals surface area (Å²) in [5.41, 5.74) is 4.38. The normalized spacial score (nSPS) is 14.2. The molecule has 3 aromatic carbocycles. The van der Waals surface area contributed by atoms with Crippen LogP contribution >= 0.6 is 0 Å². The molecule has 1 amide bonds. The molecule has 0 bridgehead atoms. The molecule has 48 heavy (non-hydrogen) atoms. The fourth-order valence-corrected chi connectivity index (χ4v) is 6.26. The molecule has 16 heteroatoms. The van der Waals surface area contributed by atoms with Crippen LogP contribution in [0.3, 0.4) is 0 Å². The zero-order chi connectivity index (χ0) is 35.2. The first kappa shape index (κ1) is 34.6. The molecule has 5 rings (SSSR count). The molecule has 0 fully saturated rings. The Bertz CT molecular complexity index is 2150. The lowest BCUT2D eigenvalue weighted by molar-refractivity contribution is 0.102. The van der Waals surface area contributed by atoms with Crippen LogP contribution in [0.5, 0.6) is 0 Å². The van der Waals surface area contributed by atoms with Crippen molar-refractivity contribution in [2.75, 3.05) is 23.3 Å². The number of carbonyl (C=O) groups is 1. The van der Waals surface area contributed by atoms with Gasteiger partial charge in [-0.05, 0) is 87.0 Å². The summed E-state index contributed by atoms with van der Waals surface area (Å²) in [7, 11) is -9.77. The van der Waals surface area contributed by atoms with Crippen LogP contribution in [0, 0.1) is 12.3 Å². The number of fused-ring (bicyclic) bond motifs is 1. The number of hydrogen-bond donors (Lipinski definition) is 3. The van der Waals surface area contributed by atoms with Gasteiger partial charge in [-0.15, -0.1) is 9.89 Å². The van der Waals surface area contributed by atoms with Crippen molar-refractivity contribution in [1.29, 1.82) is 0 Å². The summed E-state index contributed by atoms with van der Waals surface area (Å²) in [6.45, 7) is 14.2. The van der Waals surface area contributed by atoms with Crippen molar-refractivity contribution in [3.8, 4) is 11.4 Å². The third kappa shape index (κ3) is 7.21. The molecule has 0 atom stereocenters. The topological polar surface area (TPSA) is 197 Å². The van der Waals surface area contributed by atoms with E-state index >= 15 is 0 Å². The van der Waals surface area contributed by atoms with Gasteiger partial charge < -0.3 is 10.2 Å². The summed E-state index contributed by atoms with van der Waals surface area (Å²) in [5, 5.41) is 11.8. The second kappa shape index (κ2) is 12.7. The van der Waals surface area contributed by atoms with Gasteiger partial charge in [0.2, 0.25) is 5.82 Å². The summed E-state index contributed by atoms with van der Waals surface area (Å²) in [4.78, 5) is 24.7. The number of benzene rings is 3. The number of nitrogens with one attached hydrogen (secondary N) is 1. The van der Waals surface area contributed by atoms with Crippen LogP contribution in [-0.4, -0.2) is 71.2 Å². The molecule has 14 nitrogen and oxygen atoms in total. The maximum Gasteiger partial charge on any atom is 0.294 e. The molecule has 252 valence electrons. The standard InChI is InChI=1S/C32H35N7O7S2/c1-7-38(8-2)23-13-14-26(19(3)15-23)34-27-28(32(4,5)6)36-39-30(27)35-29(37-39)20-9-11-22(12-10-20)33-31(40)21-16-24(47(41,42)43)18-25(17-21)48(44,45)46/h9-18H,7-8H2,1-6H3,(H,33,40)(H,41,42,43)(H,44,45,46). The van der Waals surface area contributed by atoms with Gasteiger partial charge in [0.15, 0.2) is 5.82 Å². The number of anilines is 2. The van der Waals surface area contributed by atoms with Crippen molar-refractivity contribution in [3.05, 3.63) is 77.6 Å². The minimum absolute atomic E-state index is 0.278. The second-order valence-corrected chi connectivity index (χ2v) is 15.0. The first-order valence-corrected chi connectivity index (χ1v) is 17.8. The van der Waals surface area contributed by atoms with E-state index in [9.17, 15) is 30.7 Å². The van der Waals surface area contributed by atoms with Gasteiger partial charge in [0, 0.05) is 41.0 Å². The molecule has 4 aromatic rings. The van der Waals surface area contributed by atoms with E-state index in [0.29, 0.717) is 29.0 Å². The molecule has 1 aromatic heterocycles. The average molecular weight is 694 g/mol. The number of aliphatic imine (C=N–C) groups is 1. The Morgan fingerprint density at radius 2 is 1.52 bits per heavy atom. The SMILES string of the molecule is CCN(CC)c1ccc(N=C2C(C(C)(C)C)=Nn3nc(-c4ccc(NC(=O)c5cc(S(=O)(=O)O)cc(S(=O)(=O)O)c5)cc4)nc32)c(C)c1. The van der Waals surface area contributed by atoms with E-state index in [1.807, 2.05) is 33.8 Å². The van der Waals surface area contributed by atoms with E-state index in [-0.39, 0.29) is 11.1 Å². The Hall–Kier alpha value is -4.77. The lowest BCUT2D eigenvalue weighted by Gasteiger charge is -2.22. The molecule has 0 aliphatic carbocycles. The van der Waals surface area contributed by atoms with Crippen LogP contribution in [0.4, 0.5) is 17.1 Å². The molecular formula is C32H35N7O7S2. The molecule has 2 heterocycles. The van der Waals surface area contributed by atoms with E-state index in [0.717, 1.165) is 47.9 Å². The van der Waals surface area contributed by atoms with Gasteiger partial charge in [0.05, 0.1) is 21.2 Å². The van der Waals surface area contributed by atoms with E-state index in [1.165, 1.54) is 4.79 Å². The number of nitrogens with zero attached hydrogens (tertiary/aromatic N) is 6. The highest BCUT2D eigenvalue weighted by atomic mass is 32.2. The summed E-state index contributed by atoms with van der Waals surface area (Å²) in [6.07, 6.45) is 0. The third-order valence-corrected chi connectivity index (χ3v) is 9.27. The lowest BCUT2D eigenvalue weighted by Crippen LogP contribution is -2.27. The number of aryl methyl sites for hydroxylation is 1. The van der Waals surface area contributed by atoms with Crippen LogP contribution in [-0.2, 0) is 20.2 Å². The van der Waals surface area contributed by atoms with Crippen LogP contribution in [0.1, 0.15) is 56.4 Å². The minimum atomic E-state index is -4.88. The van der Waals surface area contributed by atoms with Crippen LogP contribution in [0.15, 0.2) is 80.5 Å². The quantitative estimate of drug-likeness (QED) is 0.195. The minimum Gasteiger partial charge on any atom is -0.372 e. The summed E-state index contributed by atoms with van der Waals surface area (Å²) >= 11 is 0. The van der Waals surface area contributed by atoms with Gasteiger partial charge in [0.1, 0.15) is 5.71 Å². The van der Waals surface area contributed by atoms with Crippen molar-refractivity contribution in [3.63, 3.8) is 0 Å². The maximum absolute atomic E-state index is 12.9. The molecule has 3 N–H and O–H groups in total. The third-order valence-electron chi connectivity index (χ3n) is 7.61. The molecule has 0 spiro atoms. The Kier molecular flexibility index (Phi) is 9.13. The summed E-state index contributed by atoms with van der Waals surface area (Å²) in [5.74, 6) is -0.0463. The second-order valence-electron chi connectivity index (χ2n) is 12.1. The van der Waals surface area contributed by atoms with Crippen LogP contribution < -0.4 is 10.2 Å². The molecule has 0 saturated heterocycles. The highest BCUT2D eigenvalue weighted by Crippen LogP contribution is 2.31. The first-order valence-electron chi connectivity index (χ1n) is 14.9. The Balaban J connectivity index is 1.43. The predicted molar refractivity (Wildman–Crippen MR) is 183 cm³/mol. The molecule has 1 aliphatic rings. The Morgan fingerprint density at radius 3 is 2.04 bits per heavy atom. The van der Waals surface area contributed by atoms with Crippen molar-refractivity contribution in [2.24, 2.45) is 15.5 Å². The number of carbonyl (C=O) groups excluding carboxylic acids is 1. The van der Waals surface area contributed by atoms with E-state index in [2.05, 4.69) is 41.3 Å².